The first kappa shape index (κ1) is 13.4. The van der Waals surface area contributed by atoms with Crippen LogP contribution in [0.1, 0.15) is 10.4 Å². The van der Waals surface area contributed by atoms with Crippen LogP contribution < -0.4 is 10.1 Å². The average Bonchev–Trinajstić information content (AvgIpc) is 2.76. The second-order valence-electron chi connectivity index (χ2n) is 3.44. The van der Waals surface area contributed by atoms with Gasteiger partial charge in [-0.1, -0.05) is 11.6 Å². The number of rotatable bonds is 3. The number of halogens is 2. The third-order valence-corrected chi connectivity index (χ3v) is 3.98. The van der Waals surface area contributed by atoms with Crippen molar-refractivity contribution < 1.29 is 9.53 Å². The van der Waals surface area contributed by atoms with Crippen LogP contribution in [-0.2, 0) is 0 Å². The average molecular weight is 347 g/mol. The van der Waals surface area contributed by atoms with E-state index in [4.69, 9.17) is 16.3 Å². The van der Waals surface area contributed by atoms with Crippen LogP contribution in [0.2, 0.25) is 5.02 Å². The van der Waals surface area contributed by atoms with Gasteiger partial charge in [0.15, 0.2) is 0 Å². The maximum atomic E-state index is 12.0. The molecule has 2 rings (SSSR count). The van der Waals surface area contributed by atoms with E-state index in [0.717, 1.165) is 3.79 Å². The Morgan fingerprint density at radius 2 is 2.22 bits per heavy atom. The molecule has 1 aromatic carbocycles. The standard InChI is InChI=1S/C12H9BrClNO2S/c1-17-10-3-2-8(14)5-9(10)15-12(16)7-4-11(13)18-6-7/h2-6H,1H3,(H,15,16). The number of carbonyl (C=O) groups is 1. The molecule has 1 aromatic heterocycles. The molecule has 0 radical (unpaired) electrons. The van der Waals surface area contributed by atoms with Crippen LogP contribution >= 0.6 is 38.9 Å². The van der Waals surface area contributed by atoms with Gasteiger partial charge in [-0.2, -0.15) is 0 Å². The monoisotopic (exact) mass is 345 g/mol. The Kier molecular flexibility index (Phi) is 4.27. The molecular weight excluding hydrogens is 338 g/mol. The van der Waals surface area contributed by atoms with E-state index in [1.54, 1.807) is 36.8 Å². The molecule has 0 spiro atoms. The van der Waals surface area contributed by atoms with Gasteiger partial charge in [-0.05, 0) is 40.2 Å². The minimum Gasteiger partial charge on any atom is -0.495 e. The highest BCUT2D eigenvalue weighted by Gasteiger charge is 2.11. The molecule has 0 saturated carbocycles. The number of carbonyl (C=O) groups excluding carboxylic acids is 1. The molecule has 94 valence electrons. The van der Waals surface area contributed by atoms with E-state index < -0.39 is 0 Å². The third-order valence-electron chi connectivity index (χ3n) is 2.24. The van der Waals surface area contributed by atoms with Crippen LogP contribution in [0, 0.1) is 0 Å². The number of hydrogen-bond acceptors (Lipinski definition) is 3. The van der Waals surface area contributed by atoms with Crippen molar-refractivity contribution in [1.82, 2.24) is 0 Å². The molecule has 0 aliphatic rings. The summed E-state index contributed by atoms with van der Waals surface area (Å²) in [6, 6.07) is 6.83. The molecule has 0 bridgehead atoms. The van der Waals surface area contributed by atoms with Crippen molar-refractivity contribution in [1.29, 1.82) is 0 Å². The molecule has 3 nitrogen and oxygen atoms in total. The van der Waals surface area contributed by atoms with Crippen molar-refractivity contribution in [2.24, 2.45) is 0 Å². The predicted octanol–water partition coefficient (Wildman–Crippen LogP) is 4.42. The molecule has 0 aliphatic carbocycles. The Labute approximate surface area is 122 Å². The van der Waals surface area contributed by atoms with Gasteiger partial charge in [-0.3, -0.25) is 4.79 Å². The van der Waals surface area contributed by atoms with Gasteiger partial charge in [0, 0.05) is 10.4 Å². The number of hydrogen-bond donors (Lipinski definition) is 1. The van der Waals surface area contributed by atoms with Crippen molar-refractivity contribution in [2.45, 2.75) is 0 Å². The first-order valence-electron chi connectivity index (χ1n) is 4.99. The fourth-order valence-electron chi connectivity index (χ4n) is 1.40. The lowest BCUT2D eigenvalue weighted by molar-refractivity contribution is 0.102. The van der Waals surface area contributed by atoms with Gasteiger partial charge in [0.1, 0.15) is 5.75 Å². The molecule has 0 saturated heterocycles. The van der Waals surface area contributed by atoms with Gasteiger partial charge >= 0.3 is 0 Å². The van der Waals surface area contributed by atoms with Crippen LogP contribution in [0.25, 0.3) is 0 Å². The number of anilines is 1. The van der Waals surface area contributed by atoms with E-state index in [-0.39, 0.29) is 5.91 Å². The topological polar surface area (TPSA) is 38.3 Å². The van der Waals surface area contributed by atoms with Crippen molar-refractivity contribution >= 4 is 50.5 Å². The van der Waals surface area contributed by atoms with Gasteiger partial charge in [-0.25, -0.2) is 0 Å². The zero-order valence-electron chi connectivity index (χ0n) is 9.37. The Balaban J connectivity index is 2.23. The van der Waals surface area contributed by atoms with E-state index in [1.807, 2.05) is 0 Å². The van der Waals surface area contributed by atoms with Crippen LogP contribution in [0.15, 0.2) is 33.4 Å². The highest BCUT2D eigenvalue weighted by Crippen LogP contribution is 2.29. The number of thiophene rings is 1. The molecule has 0 aliphatic heterocycles. The number of benzene rings is 1. The first-order chi connectivity index (χ1) is 8.60. The van der Waals surface area contributed by atoms with Crippen LogP contribution in [0.3, 0.4) is 0 Å². The molecule has 1 amide bonds. The van der Waals surface area contributed by atoms with E-state index in [9.17, 15) is 4.79 Å². The smallest absolute Gasteiger partial charge is 0.256 e. The molecule has 0 atom stereocenters. The van der Waals surface area contributed by atoms with Gasteiger partial charge in [0.2, 0.25) is 0 Å². The number of amides is 1. The van der Waals surface area contributed by atoms with Crippen molar-refractivity contribution in [3.63, 3.8) is 0 Å². The summed E-state index contributed by atoms with van der Waals surface area (Å²) in [6.45, 7) is 0. The molecule has 1 heterocycles. The highest BCUT2D eigenvalue weighted by molar-refractivity contribution is 9.11. The van der Waals surface area contributed by atoms with E-state index >= 15 is 0 Å². The summed E-state index contributed by atoms with van der Waals surface area (Å²) in [5.41, 5.74) is 1.14. The van der Waals surface area contributed by atoms with Crippen molar-refractivity contribution in [3.8, 4) is 5.75 Å². The summed E-state index contributed by atoms with van der Waals surface area (Å²) in [5.74, 6) is 0.375. The van der Waals surface area contributed by atoms with Gasteiger partial charge in [-0.15, -0.1) is 11.3 Å². The Morgan fingerprint density at radius 3 is 2.83 bits per heavy atom. The number of ether oxygens (including phenoxy) is 1. The SMILES string of the molecule is COc1ccc(Cl)cc1NC(=O)c1csc(Br)c1. The fourth-order valence-corrected chi connectivity index (χ4v) is 2.71. The summed E-state index contributed by atoms with van der Waals surface area (Å²) in [6.07, 6.45) is 0. The summed E-state index contributed by atoms with van der Waals surface area (Å²) < 4.78 is 6.07. The Bertz CT molecular complexity index is 585. The molecule has 1 N–H and O–H groups in total. The molecule has 0 unspecified atom stereocenters. The van der Waals surface area contributed by atoms with Gasteiger partial charge in [0.05, 0.1) is 22.1 Å². The summed E-state index contributed by atoms with van der Waals surface area (Å²) in [5, 5.41) is 5.08. The maximum absolute atomic E-state index is 12.0. The molecular formula is C12H9BrClNO2S. The number of nitrogens with one attached hydrogen (secondary N) is 1. The predicted molar refractivity (Wildman–Crippen MR) is 78.0 cm³/mol. The van der Waals surface area contributed by atoms with Crippen LogP contribution in [0.5, 0.6) is 5.75 Å². The van der Waals surface area contributed by atoms with E-state index in [0.29, 0.717) is 22.0 Å². The summed E-state index contributed by atoms with van der Waals surface area (Å²) >= 11 is 10.7. The highest BCUT2D eigenvalue weighted by atomic mass is 79.9. The normalized spacial score (nSPS) is 10.2. The Hall–Kier alpha value is -1.04. The third kappa shape index (κ3) is 3.04. The maximum Gasteiger partial charge on any atom is 0.256 e. The van der Waals surface area contributed by atoms with Crippen molar-refractivity contribution in [2.75, 3.05) is 12.4 Å². The first-order valence-corrected chi connectivity index (χ1v) is 7.04. The lowest BCUT2D eigenvalue weighted by Crippen LogP contribution is -2.11. The minimum atomic E-state index is -0.197. The molecule has 2 aromatic rings. The zero-order valence-corrected chi connectivity index (χ0v) is 12.5. The molecule has 18 heavy (non-hydrogen) atoms. The summed E-state index contributed by atoms with van der Waals surface area (Å²) in [4.78, 5) is 12.0. The fraction of sp³-hybridized carbons (Fsp3) is 0.0833. The summed E-state index contributed by atoms with van der Waals surface area (Å²) in [7, 11) is 1.54. The largest absolute Gasteiger partial charge is 0.495 e. The Morgan fingerprint density at radius 1 is 1.44 bits per heavy atom. The van der Waals surface area contributed by atoms with E-state index in [1.165, 1.54) is 11.3 Å². The van der Waals surface area contributed by atoms with Crippen molar-refractivity contribution in [3.05, 3.63) is 44.0 Å². The number of methoxy groups -OCH3 is 1. The second kappa shape index (κ2) is 5.73. The molecule has 0 fully saturated rings. The van der Waals surface area contributed by atoms with Crippen LogP contribution in [-0.4, -0.2) is 13.0 Å². The van der Waals surface area contributed by atoms with Gasteiger partial charge < -0.3 is 10.1 Å². The molecule has 6 heteroatoms. The second-order valence-corrected chi connectivity index (χ2v) is 6.17. The van der Waals surface area contributed by atoms with Gasteiger partial charge in [0.25, 0.3) is 5.91 Å². The lowest BCUT2D eigenvalue weighted by Gasteiger charge is -2.09. The quantitative estimate of drug-likeness (QED) is 0.893. The van der Waals surface area contributed by atoms with Crippen LogP contribution in [0.4, 0.5) is 5.69 Å². The van der Waals surface area contributed by atoms with E-state index in [2.05, 4.69) is 21.2 Å². The minimum absolute atomic E-state index is 0.197. The zero-order chi connectivity index (χ0) is 13.1. The lowest BCUT2D eigenvalue weighted by atomic mass is 10.2.